The van der Waals surface area contributed by atoms with Crippen molar-refractivity contribution < 1.29 is 9.59 Å². The van der Waals surface area contributed by atoms with Crippen LogP contribution in [-0.4, -0.2) is 44.9 Å². The maximum Gasteiger partial charge on any atom is 0.254 e. The van der Waals surface area contributed by atoms with E-state index in [2.05, 4.69) is 27.0 Å². The molecule has 2 fully saturated rings. The number of hydrogen-bond acceptors (Lipinski definition) is 3. The summed E-state index contributed by atoms with van der Waals surface area (Å²) in [5.41, 5.74) is 2.46. The lowest BCUT2D eigenvalue weighted by Gasteiger charge is -2.34. The van der Waals surface area contributed by atoms with Crippen molar-refractivity contribution >= 4 is 11.8 Å². The molecule has 1 N–H and O–H groups in total. The Morgan fingerprint density at radius 3 is 2.70 bits per heavy atom. The fraction of sp³-hybridized carbons (Fsp3) is 0.370. The Bertz CT molecular complexity index is 1160. The quantitative estimate of drug-likeness (QED) is 0.666. The van der Waals surface area contributed by atoms with E-state index in [0.717, 1.165) is 36.2 Å². The fourth-order valence-corrected chi connectivity index (χ4v) is 5.48. The lowest BCUT2D eigenvalue weighted by atomic mass is 9.79. The van der Waals surface area contributed by atoms with Gasteiger partial charge in [-0.15, -0.1) is 0 Å². The minimum absolute atomic E-state index is 0.0275. The van der Waals surface area contributed by atoms with E-state index in [1.54, 1.807) is 6.20 Å². The number of nitrogens with one attached hydrogen (secondary N) is 1. The van der Waals surface area contributed by atoms with Crippen LogP contribution in [0.3, 0.4) is 0 Å². The van der Waals surface area contributed by atoms with E-state index in [1.807, 2.05) is 60.5 Å². The maximum absolute atomic E-state index is 13.8. The van der Waals surface area contributed by atoms with Crippen LogP contribution in [0.4, 0.5) is 0 Å². The van der Waals surface area contributed by atoms with Gasteiger partial charge in [0.1, 0.15) is 5.82 Å². The molecule has 5 rings (SSSR count). The molecule has 2 aliphatic rings. The molecule has 2 saturated heterocycles. The van der Waals surface area contributed by atoms with Crippen molar-refractivity contribution in [1.29, 1.82) is 0 Å². The Hall–Kier alpha value is -3.41. The number of carbonyl (C=O) groups is 2. The molecule has 6 nitrogen and oxygen atoms in total. The van der Waals surface area contributed by atoms with Crippen LogP contribution < -0.4 is 5.32 Å². The molecule has 0 radical (unpaired) electrons. The number of nitrogens with zero attached hydrogens (tertiary/aromatic N) is 3. The van der Waals surface area contributed by atoms with Gasteiger partial charge in [-0.3, -0.25) is 9.59 Å². The first kappa shape index (κ1) is 21.4. The Kier molecular flexibility index (Phi) is 5.75. The fourth-order valence-electron chi connectivity index (χ4n) is 5.48. The number of hydrogen-bond donors (Lipinski definition) is 1. The summed E-state index contributed by atoms with van der Waals surface area (Å²) in [6.45, 7) is 3.70. The molecular weight excluding hydrogens is 412 g/mol. The molecule has 1 spiro atoms. The molecule has 0 unspecified atom stereocenters. The number of aromatic nitrogens is 2. The maximum atomic E-state index is 13.8. The molecule has 6 heteroatoms. The number of carbonyl (C=O) groups excluding carboxylic acids is 2. The van der Waals surface area contributed by atoms with E-state index in [9.17, 15) is 9.59 Å². The van der Waals surface area contributed by atoms with E-state index in [0.29, 0.717) is 26.1 Å². The van der Waals surface area contributed by atoms with Gasteiger partial charge in [-0.05, 0) is 37.0 Å². The van der Waals surface area contributed by atoms with Crippen molar-refractivity contribution in [1.82, 2.24) is 19.8 Å². The van der Waals surface area contributed by atoms with Crippen LogP contribution in [0.5, 0.6) is 0 Å². The summed E-state index contributed by atoms with van der Waals surface area (Å²) in [5, 5.41) is 3.35. The van der Waals surface area contributed by atoms with E-state index in [1.165, 1.54) is 5.56 Å². The Balaban J connectivity index is 1.47. The first-order valence-corrected chi connectivity index (χ1v) is 11.8. The number of likely N-dealkylation sites (tertiary alicyclic amines) is 1. The standard InChI is InChI=1S/C27H30N4O2/c1-20-28-15-16-30(20)17-22-11-5-6-12-23(22)26(33)31-18-24(21-9-3-2-4-10-21)27(19-31)14-8-7-13-25(32)29-27/h2-6,9-12,15-16,24H,7-8,13-14,17-19H2,1H3,(H,29,32)/t24-,27+/m0/s1. The van der Waals surface area contributed by atoms with Crippen LogP contribution in [0, 0.1) is 6.92 Å². The minimum Gasteiger partial charge on any atom is -0.348 e. The van der Waals surface area contributed by atoms with Gasteiger partial charge in [0.15, 0.2) is 0 Å². The molecule has 3 heterocycles. The predicted molar refractivity (Wildman–Crippen MR) is 127 cm³/mol. The van der Waals surface area contributed by atoms with Gasteiger partial charge in [-0.25, -0.2) is 4.98 Å². The van der Waals surface area contributed by atoms with Crippen molar-refractivity contribution in [2.24, 2.45) is 0 Å². The first-order valence-electron chi connectivity index (χ1n) is 11.8. The molecule has 2 aliphatic heterocycles. The van der Waals surface area contributed by atoms with Gasteiger partial charge in [0.05, 0.1) is 5.54 Å². The van der Waals surface area contributed by atoms with Gasteiger partial charge in [0.25, 0.3) is 5.91 Å². The van der Waals surface area contributed by atoms with Crippen LogP contribution in [0.25, 0.3) is 0 Å². The number of rotatable bonds is 4. The smallest absolute Gasteiger partial charge is 0.254 e. The summed E-state index contributed by atoms with van der Waals surface area (Å²) >= 11 is 0. The molecule has 1 aromatic heterocycles. The van der Waals surface area contributed by atoms with Crippen molar-refractivity contribution in [3.8, 4) is 0 Å². The Morgan fingerprint density at radius 2 is 1.91 bits per heavy atom. The van der Waals surface area contributed by atoms with E-state index in [4.69, 9.17) is 0 Å². The summed E-state index contributed by atoms with van der Waals surface area (Å²) in [7, 11) is 0. The third-order valence-corrected chi connectivity index (χ3v) is 7.21. The molecule has 0 bridgehead atoms. The molecule has 33 heavy (non-hydrogen) atoms. The highest BCUT2D eigenvalue weighted by molar-refractivity contribution is 5.96. The van der Waals surface area contributed by atoms with Gasteiger partial charge in [0.2, 0.25) is 5.91 Å². The number of amides is 2. The summed E-state index contributed by atoms with van der Waals surface area (Å²) in [4.78, 5) is 32.7. The van der Waals surface area contributed by atoms with Gasteiger partial charge in [-0.1, -0.05) is 55.0 Å². The number of imidazole rings is 1. The second-order valence-corrected chi connectivity index (χ2v) is 9.32. The monoisotopic (exact) mass is 442 g/mol. The molecular formula is C27H30N4O2. The highest BCUT2D eigenvalue weighted by Crippen LogP contribution is 2.41. The third kappa shape index (κ3) is 4.17. The molecule has 170 valence electrons. The SMILES string of the molecule is Cc1nccn1Cc1ccccc1C(=O)N1C[C@@H](c2ccccc2)[C@@]2(CCCCC(=O)N2)C1. The molecule has 2 aromatic carbocycles. The normalized spacial score (nSPS) is 22.9. The lowest BCUT2D eigenvalue weighted by molar-refractivity contribution is -0.122. The van der Waals surface area contributed by atoms with Gasteiger partial charge >= 0.3 is 0 Å². The highest BCUT2D eigenvalue weighted by atomic mass is 16.2. The molecule has 2 amide bonds. The molecule has 3 aromatic rings. The molecule has 0 aliphatic carbocycles. The zero-order valence-corrected chi connectivity index (χ0v) is 19.0. The second kappa shape index (κ2) is 8.85. The van der Waals surface area contributed by atoms with Crippen LogP contribution in [0.1, 0.15) is 58.9 Å². The van der Waals surface area contributed by atoms with Crippen LogP contribution in [0.2, 0.25) is 0 Å². The van der Waals surface area contributed by atoms with Gasteiger partial charge in [0, 0.05) is 49.9 Å². The molecule has 2 atom stereocenters. The number of benzene rings is 2. The summed E-state index contributed by atoms with van der Waals surface area (Å²) in [6, 6.07) is 18.1. The second-order valence-electron chi connectivity index (χ2n) is 9.32. The summed E-state index contributed by atoms with van der Waals surface area (Å²) < 4.78 is 2.05. The zero-order valence-electron chi connectivity index (χ0n) is 19.0. The van der Waals surface area contributed by atoms with Crippen molar-refractivity contribution in [3.05, 3.63) is 89.5 Å². The van der Waals surface area contributed by atoms with Crippen molar-refractivity contribution in [2.45, 2.75) is 50.6 Å². The largest absolute Gasteiger partial charge is 0.348 e. The predicted octanol–water partition coefficient (Wildman–Crippen LogP) is 3.91. The number of aryl methyl sites for hydroxylation is 1. The van der Waals surface area contributed by atoms with Crippen molar-refractivity contribution in [3.63, 3.8) is 0 Å². The third-order valence-electron chi connectivity index (χ3n) is 7.21. The first-order chi connectivity index (χ1) is 16.1. The van der Waals surface area contributed by atoms with Crippen LogP contribution in [0.15, 0.2) is 67.0 Å². The minimum atomic E-state index is -0.416. The lowest BCUT2D eigenvalue weighted by Crippen LogP contribution is -2.52. The van der Waals surface area contributed by atoms with Crippen LogP contribution in [-0.2, 0) is 11.3 Å². The summed E-state index contributed by atoms with van der Waals surface area (Å²) in [6.07, 6.45) is 7.05. The topological polar surface area (TPSA) is 67.2 Å². The highest BCUT2D eigenvalue weighted by Gasteiger charge is 2.50. The zero-order chi connectivity index (χ0) is 22.8. The van der Waals surface area contributed by atoms with E-state index in [-0.39, 0.29) is 17.7 Å². The molecule has 0 saturated carbocycles. The van der Waals surface area contributed by atoms with E-state index < -0.39 is 5.54 Å². The van der Waals surface area contributed by atoms with Crippen molar-refractivity contribution in [2.75, 3.05) is 13.1 Å². The van der Waals surface area contributed by atoms with Gasteiger partial charge in [-0.2, -0.15) is 0 Å². The van der Waals surface area contributed by atoms with E-state index >= 15 is 0 Å². The Labute approximate surface area is 194 Å². The summed E-state index contributed by atoms with van der Waals surface area (Å²) in [5.74, 6) is 1.12. The van der Waals surface area contributed by atoms with Crippen LogP contribution >= 0.6 is 0 Å². The average Bonchev–Trinajstić information content (AvgIpc) is 3.34. The van der Waals surface area contributed by atoms with Gasteiger partial charge < -0.3 is 14.8 Å². The average molecular weight is 443 g/mol. The Morgan fingerprint density at radius 1 is 1.12 bits per heavy atom.